The van der Waals surface area contributed by atoms with Gasteiger partial charge < -0.3 is 9.47 Å². The molecule has 0 radical (unpaired) electrons. The van der Waals surface area contributed by atoms with Crippen LogP contribution in [0.1, 0.15) is 6.42 Å². The quantitative estimate of drug-likeness (QED) is 0.491. The van der Waals surface area contributed by atoms with Gasteiger partial charge in [0.05, 0.1) is 13.2 Å². The van der Waals surface area contributed by atoms with Gasteiger partial charge in [0.15, 0.2) is 0 Å². The molecule has 0 bridgehead atoms. The van der Waals surface area contributed by atoms with E-state index in [-0.39, 0.29) is 0 Å². The summed E-state index contributed by atoms with van der Waals surface area (Å²) in [6.45, 7) is 2.25. The van der Waals surface area contributed by atoms with Gasteiger partial charge in [-0.3, -0.25) is 12.9 Å². The van der Waals surface area contributed by atoms with Crippen LogP contribution in [-0.2, 0) is 9.47 Å². The lowest BCUT2D eigenvalue weighted by molar-refractivity contribution is -0.0963. The molecule has 1 fully saturated rings. The van der Waals surface area contributed by atoms with Gasteiger partial charge in [-0.05, 0) is 6.42 Å². The minimum absolute atomic E-state index is 0.500. The topological polar surface area (TPSA) is 18.5 Å². The molecular weight excluding hydrogens is 148 g/mol. The number of hydrogen-bond acceptors (Lipinski definition) is 2. The lowest BCUT2D eigenvalue weighted by atomic mass is 10.5. The van der Waals surface area contributed by atoms with Crippen molar-refractivity contribution in [2.75, 3.05) is 20.0 Å². The van der Waals surface area contributed by atoms with E-state index in [9.17, 15) is 12.9 Å². The molecule has 0 spiro atoms. The van der Waals surface area contributed by atoms with Crippen LogP contribution in [0.3, 0.4) is 0 Å². The Kier molecular flexibility index (Phi) is 6.73. The van der Waals surface area contributed by atoms with Gasteiger partial charge in [-0.15, -0.1) is 0 Å². The van der Waals surface area contributed by atoms with Crippen LogP contribution in [0.4, 0.5) is 12.9 Å². The SMILES string of the molecule is C1COCOC1.FB(F)F. The van der Waals surface area contributed by atoms with Crippen LogP contribution in [0.15, 0.2) is 0 Å². The largest absolute Gasteiger partial charge is 0.762 e. The summed E-state index contributed by atoms with van der Waals surface area (Å²) in [7, 11) is -3.67. The monoisotopic (exact) mass is 156 g/mol. The highest BCUT2D eigenvalue weighted by atomic mass is 19.4. The molecule has 6 heteroatoms. The molecule has 0 amide bonds. The van der Waals surface area contributed by atoms with Gasteiger partial charge in [0.2, 0.25) is 0 Å². The fourth-order valence-electron chi connectivity index (χ4n) is 0.440. The van der Waals surface area contributed by atoms with Crippen LogP contribution in [0.2, 0.25) is 0 Å². The molecule has 0 unspecified atom stereocenters. The second kappa shape index (κ2) is 6.89. The van der Waals surface area contributed by atoms with E-state index < -0.39 is 7.54 Å². The van der Waals surface area contributed by atoms with Crippen molar-refractivity contribution in [1.29, 1.82) is 0 Å². The van der Waals surface area contributed by atoms with Crippen LogP contribution in [-0.4, -0.2) is 27.6 Å². The van der Waals surface area contributed by atoms with E-state index in [0.717, 1.165) is 19.6 Å². The zero-order chi connectivity index (χ0) is 7.82. The van der Waals surface area contributed by atoms with Crippen molar-refractivity contribution in [1.82, 2.24) is 0 Å². The summed E-state index contributed by atoms with van der Waals surface area (Å²) >= 11 is 0. The number of hydrogen-bond donors (Lipinski definition) is 0. The highest BCUT2D eigenvalue weighted by Gasteiger charge is 2.06. The van der Waals surface area contributed by atoms with Crippen molar-refractivity contribution in [2.45, 2.75) is 6.42 Å². The molecule has 60 valence electrons. The van der Waals surface area contributed by atoms with Gasteiger partial charge >= 0.3 is 7.54 Å². The average Bonchev–Trinajstić information content (AvgIpc) is 1.90. The second-order valence-electron chi connectivity index (χ2n) is 1.54. The first kappa shape index (κ1) is 9.77. The molecule has 0 aromatic carbocycles. The summed E-state index contributed by atoms with van der Waals surface area (Å²) in [6.07, 6.45) is 1.06. The van der Waals surface area contributed by atoms with E-state index in [1.165, 1.54) is 0 Å². The minimum Gasteiger partial charge on any atom is -0.355 e. The Morgan fingerprint density at radius 3 is 1.50 bits per heavy atom. The van der Waals surface area contributed by atoms with Crippen molar-refractivity contribution in [2.24, 2.45) is 0 Å². The molecule has 1 heterocycles. The maximum atomic E-state index is 9.67. The van der Waals surface area contributed by atoms with Crippen LogP contribution in [0.5, 0.6) is 0 Å². The van der Waals surface area contributed by atoms with E-state index in [2.05, 4.69) is 0 Å². The highest BCUT2D eigenvalue weighted by Crippen LogP contribution is 1.91. The Labute approximate surface area is 57.5 Å². The Hall–Kier alpha value is -0.225. The molecule has 0 aromatic heterocycles. The molecule has 1 rings (SSSR count). The lowest BCUT2D eigenvalue weighted by Crippen LogP contribution is -2.11. The minimum atomic E-state index is -3.67. The molecule has 1 saturated heterocycles. The predicted octanol–water partition coefficient (Wildman–Crippen LogP) is 1.26. The summed E-state index contributed by atoms with van der Waals surface area (Å²) in [6, 6.07) is 0. The van der Waals surface area contributed by atoms with Crippen LogP contribution < -0.4 is 0 Å². The zero-order valence-corrected chi connectivity index (χ0v) is 5.36. The first-order chi connectivity index (χ1) is 4.73. The predicted molar refractivity (Wildman–Crippen MR) is 30.5 cm³/mol. The fraction of sp³-hybridized carbons (Fsp3) is 1.00. The van der Waals surface area contributed by atoms with E-state index in [4.69, 9.17) is 9.47 Å². The second-order valence-corrected chi connectivity index (χ2v) is 1.54. The van der Waals surface area contributed by atoms with E-state index >= 15 is 0 Å². The normalized spacial score (nSPS) is 17.1. The standard InChI is InChI=1S/C4H8O2.BF3/c1-2-5-4-6-3-1;2-1(3)4/h1-4H2;. The Morgan fingerprint density at radius 2 is 1.40 bits per heavy atom. The van der Waals surface area contributed by atoms with Gasteiger partial charge in [0.1, 0.15) is 6.79 Å². The van der Waals surface area contributed by atoms with Gasteiger partial charge in [-0.25, -0.2) is 0 Å². The Bertz CT molecular complexity index is 55.3. The summed E-state index contributed by atoms with van der Waals surface area (Å²) in [5.74, 6) is 0. The molecule has 1 aliphatic heterocycles. The van der Waals surface area contributed by atoms with Crippen LogP contribution in [0.25, 0.3) is 0 Å². The molecule has 0 aromatic rings. The van der Waals surface area contributed by atoms with Crippen LogP contribution >= 0.6 is 0 Å². The van der Waals surface area contributed by atoms with Crippen molar-refractivity contribution in [3.05, 3.63) is 0 Å². The highest BCUT2D eigenvalue weighted by molar-refractivity contribution is 6.33. The molecule has 0 aliphatic carbocycles. The van der Waals surface area contributed by atoms with Gasteiger partial charge in [0.25, 0.3) is 0 Å². The van der Waals surface area contributed by atoms with Gasteiger partial charge in [-0.1, -0.05) is 0 Å². The Balaban J connectivity index is 0.000000180. The summed E-state index contributed by atoms with van der Waals surface area (Å²) < 4.78 is 38.7. The molecule has 0 saturated carbocycles. The lowest BCUT2D eigenvalue weighted by Gasteiger charge is -2.09. The maximum absolute atomic E-state index is 9.67. The third kappa shape index (κ3) is 10.7. The van der Waals surface area contributed by atoms with E-state index in [0.29, 0.717) is 6.79 Å². The third-order valence-corrected chi connectivity index (χ3v) is 0.744. The van der Waals surface area contributed by atoms with E-state index in [1.807, 2.05) is 0 Å². The van der Waals surface area contributed by atoms with E-state index in [1.54, 1.807) is 0 Å². The van der Waals surface area contributed by atoms with Crippen molar-refractivity contribution >= 4 is 7.54 Å². The van der Waals surface area contributed by atoms with Crippen LogP contribution in [0, 0.1) is 0 Å². The first-order valence-corrected chi connectivity index (χ1v) is 2.81. The third-order valence-electron chi connectivity index (χ3n) is 0.744. The molecule has 1 aliphatic rings. The number of rotatable bonds is 0. The van der Waals surface area contributed by atoms with Crippen molar-refractivity contribution in [3.8, 4) is 0 Å². The van der Waals surface area contributed by atoms with Crippen molar-refractivity contribution < 1.29 is 22.4 Å². The summed E-state index contributed by atoms with van der Waals surface area (Å²) in [5.41, 5.74) is 0. The molecule has 2 nitrogen and oxygen atoms in total. The van der Waals surface area contributed by atoms with Gasteiger partial charge in [0, 0.05) is 0 Å². The Morgan fingerprint density at radius 1 is 1.00 bits per heavy atom. The fourth-order valence-corrected chi connectivity index (χ4v) is 0.440. The molecule has 0 N–H and O–H groups in total. The molecule has 0 atom stereocenters. The zero-order valence-electron chi connectivity index (χ0n) is 5.36. The molecular formula is C4H8BF3O2. The first-order valence-electron chi connectivity index (χ1n) is 2.81. The average molecular weight is 156 g/mol. The summed E-state index contributed by atoms with van der Waals surface area (Å²) in [4.78, 5) is 0. The van der Waals surface area contributed by atoms with Gasteiger partial charge in [-0.2, -0.15) is 0 Å². The molecule has 10 heavy (non-hydrogen) atoms. The smallest absolute Gasteiger partial charge is 0.355 e. The summed E-state index contributed by atoms with van der Waals surface area (Å²) in [5, 5.41) is 0. The number of ether oxygens (including phenoxy) is 2. The van der Waals surface area contributed by atoms with Crippen molar-refractivity contribution in [3.63, 3.8) is 0 Å². The maximum Gasteiger partial charge on any atom is 0.762 e. The number of halogens is 3.